The number of aryl methyl sites for hydroxylation is 1. The first-order valence-electron chi connectivity index (χ1n) is 11.9. The van der Waals surface area contributed by atoms with Crippen molar-refractivity contribution in [3.63, 3.8) is 0 Å². The molecule has 3 aliphatic rings. The number of carboxylic acids is 1. The van der Waals surface area contributed by atoms with Crippen LogP contribution < -0.4 is 15.4 Å². The van der Waals surface area contributed by atoms with Gasteiger partial charge in [-0.3, -0.25) is 4.79 Å². The van der Waals surface area contributed by atoms with Crippen molar-refractivity contribution >= 4 is 11.8 Å². The zero-order valence-corrected chi connectivity index (χ0v) is 19.2. The zero-order valence-electron chi connectivity index (χ0n) is 19.2. The normalized spacial score (nSPS) is 20.3. The number of anilines is 1. The summed E-state index contributed by atoms with van der Waals surface area (Å²) in [6.45, 7) is 4.32. The highest BCUT2D eigenvalue weighted by molar-refractivity contribution is 5.68. The number of aromatic nitrogens is 2. The smallest absolute Gasteiger partial charge is 0.305 e. The van der Waals surface area contributed by atoms with Crippen molar-refractivity contribution in [2.24, 2.45) is 5.41 Å². The molecule has 1 saturated carbocycles. The second-order valence-corrected chi connectivity index (χ2v) is 9.86. The molecule has 0 radical (unpaired) electrons. The summed E-state index contributed by atoms with van der Waals surface area (Å²) >= 11 is 0. The van der Waals surface area contributed by atoms with Crippen LogP contribution in [0.25, 0.3) is 0 Å². The first-order chi connectivity index (χ1) is 16.0. The lowest BCUT2D eigenvalue weighted by molar-refractivity contribution is -0.138. The maximum absolute atomic E-state index is 11.4. The summed E-state index contributed by atoms with van der Waals surface area (Å²) in [7, 11) is 1.57. The molecule has 1 unspecified atom stereocenters. The minimum atomic E-state index is -0.807. The van der Waals surface area contributed by atoms with Crippen molar-refractivity contribution in [1.82, 2.24) is 20.2 Å². The van der Waals surface area contributed by atoms with Crippen LogP contribution in [0.5, 0.6) is 5.88 Å². The van der Waals surface area contributed by atoms with Gasteiger partial charge in [0.05, 0.1) is 13.5 Å². The molecule has 8 heteroatoms. The number of nitrogens with one attached hydrogen (secondary N) is 2. The molecule has 2 aromatic heterocycles. The summed E-state index contributed by atoms with van der Waals surface area (Å²) in [4.78, 5) is 23.0. The number of likely N-dealkylation sites (tertiary alicyclic amines) is 1. The van der Waals surface area contributed by atoms with Gasteiger partial charge in [0.25, 0.3) is 0 Å². The van der Waals surface area contributed by atoms with E-state index in [1.165, 1.54) is 17.7 Å². The minimum Gasteiger partial charge on any atom is -0.481 e. The Morgan fingerprint density at radius 2 is 2.18 bits per heavy atom. The third-order valence-corrected chi connectivity index (χ3v) is 7.30. The zero-order chi connectivity index (χ0) is 22.8. The Balaban J connectivity index is 1.08. The highest BCUT2D eigenvalue weighted by Crippen LogP contribution is 2.49. The Morgan fingerprint density at radius 3 is 2.91 bits per heavy atom. The Morgan fingerprint density at radius 1 is 1.33 bits per heavy atom. The van der Waals surface area contributed by atoms with Gasteiger partial charge >= 0.3 is 5.97 Å². The van der Waals surface area contributed by atoms with Crippen molar-refractivity contribution in [3.05, 3.63) is 47.3 Å². The van der Waals surface area contributed by atoms with Gasteiger partial charge in [-0.05, 0) is 48.3 Å². The van der Waals surface area contributed by atoms with Crippen LogP contribution in [-0.2, 0) is 17.6 Å². The van der Waals surface area contributed by atoms with E-state index in [4.69, 9.17) is 9.72 Å². The van der Waals surface area contributed by atoms with Crippen molar-refractivity contribution < 1.29 is 14.6 Å². The van der Waals surface area contributed by atoms with Crippen LogP contribution >= 0.6 is 0 Å². The third-order valence-electron chi connectivity index (χ3n) is 7.30. The number of hydrogen-bond donors (Lipinski definition) is 3. The molecule has 176 valence electrons. The number of ether oxygens (including phenoxy) is 1. The standard InChI is InChI=1S/C25H33N5O3/c1-33-22-7-5-18(14-27-22)21(11-23(31)32)28-20-12-25(13-20)15-30(16-25)10-8-19-6-4-17-3-2-9-26-24(17)29-19/h4-7,14,20-21,28H,2-3,8-13,15-16H2,1H3,(H,26,29)(H,31,32). The first kappa shape index (κ1) is 22.1. The monoisotopic (exact) mass is 451 g/mol. The lowest BCUT2D eigenvalue weighted by atomic mass is 9.60. The van der Waals surface area contributed by atoms with Gasteiger partial charge in [0.1, 0.15) is 5.82 Å². The second kappa shape index (κ2) is 9.27. The van der Waals surface area contributed by atoms with Crippen molar-refractivity contribution in [1.29, 1.82) is 0 Å². The third kappa shape index (κ3) is 4.96. The van der Waals surface area contributed by atoms with Crippen LogP contribution in [0.15, 0.2) is 30.5 Å². The molecular formula is C25H33N5O3. The highest BCUT2D eigenvalue weighted by Gasteiger charge is 2.52. The predicted octanol–water partition coefficient (Wildman–Crippen LogP) is 2.66. The predicted molar refractivity (Wildman–Crippen MR) is 126 cm³/mol. The number of methoxy groups -OCH3 is 1. The number of aliphatic carboxylic acids is 1. The van der Waals surface area contributed by atoms with Gasteiger partial charge in [0.2, 0.25) is 5.88 Å². The number of nitrogens with zero attached hydrogens (tertiary/aromatic N) is 3. The Hall–Kier alpha value is -2.71. The first-order valence-corrected chi connectivity index (χ1v) is 11.9. The molecule has 2 aromatic rings. The van der Waals surface area contributed by atoms with Gasteiger partial charge in [0, 0.05) is 62.6 Å². The molecule has 0 amide bonds. The fourth-order valence-corrected chi connectivity index (χ4v) is 5.65. The largest absolute Gasteiger partial charge is 0.481 e. The number of rotatable bonds is 9. The van der Waals surface area contributed by atoms with Crippen LogP contribution in [0.4, 0.5) is 5.82 Å². The topological polar surface area (TPSA) is 99.6 Å². The number of hydrogen-bond acceptors (Lipinski definition) is 7. The fourth-order valence-electron chi connectivity index (χ4n) is 5.65. The highest BCUT2D eigenvalue weighted by atomic mass is 16.5. The van der Waals surface area contributed by atoms with Gasteiger partial charge < -0.3 is 25.4 Å². The number of carbonyl (C=O) groups is 1. The van der Waals surface area contributed by atoms with E-state index in [-0.39, 0.29) is 12.5 Å². The number of fused-ring (bicyclic) bond motifs is 1. The SMILES string of the molecule is COc1ccc(C(CC(=O)O)NC2CC3(C2)CN(CCc2ccc4c(n2)NCCC4)C3)cn1. The molecule has 33 heavy (non-hydrogen) atoms. The van der Waals surface area contributed by atoms with E-state index in [9.17, 15) is 9.90 Å². The van der Waals surface area contributed by atoms with E-state index in [0.717, 1.165) is 63.2 Å². The Bertz CT molecular complexity index is 982. The van der Waals surface area contributed by atoms with E-state index in [1.54, 1.807) is 19.4 Å². The molecular weight excluding hydrogens is 418 g/mol. The molecule has 5 rings (SSSR count). The minimum absolute atomic E-state index is 0.0479. The molecule has 8 nitrogen and oxygen atoms in total. The molecule has 1 saturated heterocycles. The fraction of sp³-hybridized carbons (Fsp3) is 0.560. The maximum atomic E-state index is 11.4. The summed E-state index contributed by atoms with van der Waals surface area (Å²) in [5, 5.41) is 16.3. The van der Waals surface area contributed by atoms with Gasteiger partial charge in [-0.25, -0.2) is 9.97 Å². The van der Waals surface area contributed by atoms with E-state index < -0.39 is 5.97 Å². The molecule has 1 atom stereocenters. The average Bonchev–Trinajstić information content (AvgIpc) is 2.78. The molecule has 4 heterocycles. The van der Waals surface area contributed by atoms with Crippen LogP contribution in [0.3, 0.4) is 0 Å². The number of carboxylic acid groups (broad SMARTS) is 1. The van der Waals surface area contributed by atoms with Crippen molar-refractivity contribution in [2.75, 3.05) is 38.6 Å². The molecule has 1 spiro atoms. The molecule has 2 fully saturated rings. The van der Waals surface area contributed by atoms with Crippen molar-refractivity contribution in [3.8, 4) is 5.88 Å². The van der Waals surface area contributed by atoms with Crippen LogP contribution in [0, 0.1) is 5.41 Å². The molecule has 2 aliphatic heterocycles. The lowest BCUT2D eigenvalue weighted by Crippen LogP contribution is -2.66. The Kier molecular flexibility index (Phi) is 6.21. The summed E-state index contributed by atoms with van der Waals surface area (Å²) in [6, 6.07) is 8.22. The van der Waals surface area contributed by atoms with Crippen LogP contribution in [-0.4, -0.2) is 65.3 Å². The van der Waals surface area contributed by atoms with Gasteiger partial charge in [0.15, 0.2) is 0 Å². The van der Waals surface area contributed by atoms with Gasteiger partial charge in [-0.2, -0.15) is 0 Å². The number of pyridine rings is 2. The maximum Gasteiger partial charge on any atom is 0.305 e. The average molecular weight is 452 g/mol. The summed E-state index contributed by atoms with van der Waals surface area (Å²) in [6.07, 6.45) is 7.26. The second-order valence-electron chi connectivity index (χ2n) is 9.86. The van der Waals surface area contributed by atoms with E-state index in [1.807, 2.05) is 6.07 Å². The van der Waals surface area contributed by atoms with Crippen LogP contribution in [0.1, 0.15) is 48.5 Å². The van der Waals surface area contributed by atoms with Gasteiger partial charge in [-0.15, -0.1) is 0 Å². The van der Waals surface area contributed by atoms with E-state index in [2.05, 4.69) is 32.7 Å². The molecule has 3 N–H and O–H groups in total. The van der Waals surface area contributed by atoms with Crippen molar-refractivity contribution in [2.45, 2.75) is 50.6 Å². The summed E-state index contributed by atoms with van der Waals surface area (Å²) < 4.78 is 5.12. The summed E-state index contributed by atoms with van der Waals surface area (Å²) in [5.41, 5.74) is 3.80. The lowest BCUT2D eigenvalue weighted by Gasteiger charge is -2.60. The molecule has 0 bridgehead atoms. The summed E-state index contributed by atoms with van der Waals surface area (Å²) in [5.74, 6) is 0.805. The molecule has 1 aliphatic carbocycles. The van der Waals surface area contributed by atoms with E-state index in [0.29, 0.717) is 17.3 Å². The van der Waals surface area contributed by atoms with E-state index >= 15 is 0 Å². The quantitative estimate of drug-likeness (QED) is 0.535. The Labute approximate surface area is 194 Å². The van der Waals surface area contributed by atoms with Gasteiger partial charge in [-0.1, -0.05) is 12.1 Å². The molecule has 0 aromatic carbocycles. The van der Waals surface area contributed by atoms with Crippen LogP contribution in [0.2, 0.25) is 0 Å².